The number of carbonyl (C=O) groups is 2. The molecule has 5 fully saturated rings. The fraction of sp³-hybridized carbons (Fsp3) is 0.688. The first-order chi connectivity index (χ1) is 19.2. The Hall–Kier alpha value is -2.22. The second-order valence-corrected chi connectivity index (χ2v) is 12.8. The highest BCUT2D eigenvalue weighted by atomic mass is 16.5. The van der Waals surface area contributed by atoms with E-state index in [0.717, 1.165) is 58.4 Å². The second-order valence-electron chi connectivity index (χ2n) is 12.8. The summed E-state index contributed by atoms with van der Waals surface area (Å²) in [5, 5.41) is 3.09. The van der Waals surface area contributed by atoms with E-state index in [1.807, 2.05) is 6.20 Å². The van der Waals surface area contributed by atoms with Crippen molar-refractivity contribution in [1.29, 1.82) is 0 Å². The fourth-order valence-corrected chi connectivity index (χ4v) is 8.65. The molecule has 0 radical (unpaired) electrons. The number of fused-ring (bicyclic) bond motifs is 2. The van der Waals surface area contributed by atoms with Gasteiger partial charge in [0.2, 0.25) is 0 Å². The molecule has 1 N–H and O–H groups in total. The zero-order valence-electron chi connectivity index (χ0n) is 23.2. The van der Waals surface area contributed by atoms with Gasteiger partial charge in [-0.15, -0.1) is 0 Å². The number of ketones is 1. The number of nitrogens with one attached hydrogen (secondary N) is 1. The van der Waals surface area contributed by atoms with Gasteiger partial charge in [-0.25, -0.2) is 0 Å². The molecule has 2 saturated carbocycles. The van der Waals surface area contributed by atoms with E-state index in [1.165, 1.54) is 37.7 Å². The van der Waals surface area contributed by atoms with E-state index in [-0.39, 0.29) is 41.9 Å². The van der Waals surface area contributed by atoms with Crippen LogP contribution >= 0.6 is 0 Å². The van der Waals surface area contributed by atoms with E-state index in [1.54, 1.807) is 0 Å². The van der Waals surface area contributed by atoms with Crippen molar-refractivity contribution < 1.29 is 14.3 Å². The smallest absolute Gasteiger partial charge is 0.256 e. The minimum atomic E-state index is -0.180. The molecule has 0 aromatic heterocycles. The molecule has 7 atom stereocenters. The van der Waals surface area contributed by atoms with Gasteiger partial charge in [0.15, 0.2) is 5.78 Å². The number of rotatable bonds is 6. The highest BCUT2D eigenvalue weighted by Gasteiger charge is 2.57. The minimum absolute atomic E-state index is 0.0256. The molecule has 3 saturated heterocycles. The average Bonchev–Trinajstić information content (AvgIpc) is 3.68. The summed E-state index contributed by atoms with van der Waals surface area (Å²) in [6.45, 7) is 5.85. The maximum absolute atomic E-state index is 13.8. The summed E-state index contributed by atoms with van der Waals surface area (Å²) in [6.07, 6.45) is 12.2. The molecule has 0 bridgehead atoms. The number of hydrogen-bond acceptors (Lipinski definition) is 6. The molecule has 1 aromatic carbocycles. The summed E-state index contributed by atoms with van der Waals surface area (Å²) in [5.41, 5.74) is 1.81. The van der Waals surface area contributed by atoms with E-state index in [0.29, 0.717) is 24.1 Å². The molecule has 7 heteroatoms. The predicted octanol–water partition coefficient (Wildman–Crippen LogP) is 3.31. The van der Waals surface area contributed by atoms with Gasteiger partial charge in [-0.2, -0.15) is 0 Å². The van der Waals surface area contributed by atoms with Gasteiger partial charge in [0, 0.05) is 37.8 Å². The van der Waals surface area contributed by atoms with Gasteiger partial charge in [0.05, 0.1) is 29.9 Å². The van der Waals surface area contributed by atoms with Crippen LogP contribution in [0.4, 0.5) is 0 Å². The van der Waals surface area contributed by atoms with E-state index in [4.69, 9.17) is 4.74 Å². The van der Waals surface area contributed by atoms with E-state index in [9.17, 15) is 9.59 Å². The molecular formula is C32H44N4O3. The normalized spacial score (nSPS) is 36.8. The molecule has 7 nitrogen and oxygen atoms in total. The van der Waals surface area contributed by atoms with Crippen molar-refractivity contribution in [3.63, 3.8) is 0 Å². The lowest BCUT2D eigenvalue weighted by Gasteiger charge is -2.59. The molecule has 7 unspecified atom stereocenters. The highest BCUT2D eigenvalue weighted by Crippen LogP contribution is 2.46. The number of likely N-dealkylation sites (tertiary alicyclic amines) is 2. The third-order valence-electron chi connectivity index (χ3n) is 10.6. The minimum Gasteiger partial charge on any atom is -0.369 e. The lowest BCUT2D eigenvalue weighted by Crippen LogP contribution is -2.70. The first-order valence-corrected chi connectivity index (χ1v) is 15.7. The zero-order chi connectivity index (χ0) is 26.3. The molecule has 1 aromatic rings. The number of hydrogen-bond donors (Lipinski definition) is 1. The van der Waals surface area contributed by atoms with E-state index in [2.05, 4.69) is 50.3 Å². The number of carbonyl (C=O) groups excluding carboxylic acids is 2. The third-order valence-corrected chi connectivity index (χ3v) is 10.6. The van der Waals surface area contributed by atoms with Crippen molar-refractivity contribution in [2.24, 2.45) is 5.92 Å². The molecule has 7 rings (SSSR count). The van der Waals surface area contributed by atoms with Gasteiger partial charge in [-0.3, -0.25) is 14.5 Å². The summed E-state index contributed by atoms with van der Waals surface area (Å²) < 4.78 is 6.99. The lowest BCUT2D eigenvalue weighted by atomic mass is 9.70. The van der Waals surface area contributed by atoms with Crippen LogP contribution in [0.15, 0.2) is 42.1 Å². The van der Waals surface area contributed by atoms with Gasteiger partial charge in [-0.1, -0.05) is 43.2 Å². The highest BCUT2D eigenvalue weighted by molar-refractivity contribution is 6.20. The van der Waals surface area contributed by atoms with Crippen molar-refractivity contribution in [1.82, 2.24) is 20.0 Å². The number of morpholine rings is 1. The van der Waals surface area contributed by atoms with Gasteiger partial charge >= 0.3 is 0 Å². The average molecular weight is 533 g/mol. The first kappa shape index (κ1) is 25.7. The van der Waals surface area contributed by atoms with Crippen molar-refractivity contribution in [3.05, 3.63) is 47.7 Å². The molecule has 210 valence electrons. The largest absolute Gasteiger partial charge is 0.369 e. The third kappa shape index (κ3) is 4.85. The lowest BCUT2D eigenvalue weighted by molar-refractivity contribution is -0.199. The molecule has 1 amide bonds. The number of amides is 1. The monoisotopic (exact) mass is 532 g/mol. The van der Waals surface area contributed by atoms with Crippen LogP contribution in [0, 0.1) is 5.92 Å². The topological polar surface area (TPSA) is 65.1 Å². The summed E-state index contributed by atoms with van der Waals surface area (Å²) >= 11 is 0. The van der Waals surface area contributed by atoms with Crippen LogP contribution in [0.2, 0.25) is 0 Å². The van der Waals surface area contributed by atoms with Crippen LogP contribution in [0.5, 0.6) is 0 Å². The Morgan fingerprint density at radius 2 is 1.74 bits per heavy atom. The van der Waals surface area contributed by atoms with Gasteiger partial charge in [0.1, 0.15) is 0 Å². The SMILES string of the molecule is O=C(NCCN1CCCC1)C1=CN2C3CCCCC3OC3C(N4CCC(c5ccccc5)C4)CCC(C1=O)C32. The van der Waals surface area contributed by atoms with Gasteiger partial charge in [-0.05, 0) is 76.1 Å². The van der Waals surface area contributed by atoms with E-state index < -0.39 is 0 Å². The molecule has 2 aliphatic carbocycles. The summed E-state index contributed by atoms with van der Waals surface area (Å²) in [5.74, 6) is 0.279. The number of benzene rings is 1. The molecule has 39 heavy (non-hydrogen) atoms. The Morgan fingerprint density at radius 3 is 2.59 bits per heavy atom. The van der Waals surface area contributed by atoms with Crippen molar-refractivity contribution in [3.8, 4) is 0 Å². The summed E-state index contributed by atoms with van der Waals surface area (Å²) in [4.78, 5) is 34.7. The second kappa shape index (κ2) is 11.0. The number of nitrogens with zero attached hydrogens (tertiary/aromatic N) is 3. The molecular weight excluding hydrogens is 488 g/mol. The Kier molecular flexibility index (Phi) is 7.24. The molecule has 6 aliphatic rings. The number of ether oxygens (including phenoxy) is 1. The van der Waals surface area contributed by atoms with Crippen molar-refractivity contribution in [2.45, 2.75) is 94.0 Å². The van der Waals surface area contributed by atoms with Crippen LogP contribution in [0.1, 0.15) is 69.3 Å². The Bertz CT molecular complexity index is 1090. The van der Waals surface area contributed by atoms with Crippen molar-refractivity contribution >= 4 is 11.7 Å². The predicted molar refractivity (Wildman–Crippen MR) is 150 cm³/mol. The van der Waals surface area contributed by atoms with Gasteiger partial charge < -0.3 is 19.9 Å². The van der Waals surface area contributed by atoms with E-state index >= 15 is 0 Å². The molecule has 0 spiro atoms. The Labute approximate surface area is 232 Å². The fourth-order valence-electron chi connectivity index (χ4n) is 8.65. The van der Waals surface area contributed by atoms with Crippen LogP contribution in [-0.2, 0) is 14.3 Å². The van der Waals surface area contributed by atoms with Crippen LogP contribution in [0.25, 0.3) is 0 Å². The van der Waals surface area contributed by atoms with Crippen LogP contribution in [-0.4, -0.2) is 96.0 Å². The van der Waals surface area contributed by atoms with Crippen LogP contribution < -0.4 is 5.32 Å². The first-order valence-electron chi connectivity index (χ1n) is 15.7. The molecule has 4 aliphatic heterocycles. The van der Waals surface area contributed by atoms with Crippen molar-refractivity contribution in [2.75, 3.05) is 39.3 Å². The summed E-state index contributed by atoms with van der Waals surface area (Å²) in [6, 6.07) is 11.6. The molecule has 4 heterocycles. The maximum Gasteiger partial charge on any atom is 0.256 e. The Morgan fingerprint density at radius 1 is 0.923 bits per heavy atom. The maximum atomic E-state index is 13.8. The zero-order valence-corrected chi connectivity index (χ0v) is 23.2. The quantitative estimate of drug-likeness (QED) is 0.568. The number of Topliss-reactive ketones (excluding diaryl/α,β-unsaturated/α-hetero) is 1. The summed E-state index contributed by atoms with van der Waals surface area (Å²) in [7, 11) is 0. The Balaban J connectivity index is 1.11. The standard InChI is InChI=1S/C32H44N4O3/c37-30-24-12-13-27(35-18-14-23(20-35)22-8-2-1-3-9-22)31-29(24)36(26-10-4-5-11-28(26)39-31)21-25(30)32(38)33-15-19-34-16-6-7-17-34/h1-3,8-9,21,23-24,26-29,31H,4-7,10-20H2,(H,33,38). The van der Waals surface area contributed by atoms with Crippen LogP contribution in [0.3, 0.4) is 0 Å². The van der Waals surface area contributed by atoms with Gasteiger partial charge in [0.25, 0.3) is 5.91 Å².